The van der Waals surface area contributed by atoms with Crippen molar-refractivity contribution < 1.29 is 14.6 Å². The fraction of sp³-hybridized carbons (Fsp3) is 0.368. The summed E-state index contributed by atoms with van der Waals surface area (Å²) in [6.45, 7) is 6.34. The zero-order valence-corrected chi connectivity index (χ0v) is 15.9. The number of amides is 1. The molecule has 2 aromatic rings. The van der Waals surface area contributed by atoms with E-state index < -0.39 is 11.7 Å². The molecule has 2 aromatic heterocycles. The molecule has 1 unspecified atom stereocenters. The van der Waals surface area contributed by atoms with Gasteiger partial charge < -0.3 is 20.5 Å². The van der Waals surface area contributed by atoms with E-state index >= 15 is 0 Å². The number of rotatable bonds is 6. The quantitative estimate of drug-likeness (QED) is 0.582. The second-order valence-corrected chi connectivity index (χ2v) is 7.08. The number of aliphatic hydroxyl groups excluding tert-OH is 1. The van der Waals surface area contributed by atoms with E-state index in [9.17, 15) is 9.90 Å². The molecular formula is C19H23ClN4O3. The zero-order chi connectivity index (χ0) is 19.6. The fourth-order valence-corrected chi connectivity index (χ4v) is 3.34. The molecule has 1 aliphatic rings. The molecule has 27 heavy (non-hydrogen) atoms. The number of allylic oxidation sites excluding steroid dienone is 1. The lowest BCUT2D eigenvalue weighted by atomic mass is 10.1. The number of nitrogens with two attached hydrogens (primary N) is 1. The predicted octanol–water partition coefficient (Wildman–Crippen LogP) is 2.21. The maximum atomic E-state index is 12.8. The third kappa shape index (κ3) is 4.26. The Morgan fingerprint density at radius 1 is 1.63 bits per heavy atom. The van der Waals surface area contributed by atoms with Crippen molar-refractivity contribution in [2.45, 2.75) is 31.4 Å². The number of aryl methyl sites for hydroxylation is 1. The minimum absolute atomic E-state index is 0.118. The van der Waals surface area contributed by atoms with Crippen molar-refractivity contribution in [2.75, 3.05) is 13.1 Å². The number of ether oxygens (including phenoxy) is 1. The first-order valence-electron chi connectivity index (χ1n) is 8.72. The van der Waals surface area contributed by atoms with E-state index in [2.05, 4.69) is 11.7 Å². The number of fused-ring (bicyclic) bond motifs is 1. The minimum Gasteiger partial charge on any atom is -0.472 e. The van der Waals surface area contributed by atoms with Gasteiger partial charge >= 0.3 is 0 Å². The van der Waals surface area contributed by atoms with E-state index in [1.165, 1.54) is 0 Å². The summed E-state index contributed by atoms with van der Waals surface area (Å²) in [6, 6.07) is 1.72. The van der Waals surface area contributed by atoms with E-state index in [0.29, 0.717) is 48.5 Å². The highest BCUT2D eigenvalue weighted by Gasteiger charge is 2.28. The van der Waals surface area contributed by atoms with Crippen LogP contribution in [0.15, 0.2) is 42.9 Å². The van der Waals surface area contributed by atoms with Crippen LogP contribution in [-0.4, -0.2) is 50.3 Å². The molecule has 0 spiro atoms. The molecule has 1 amide bonds. The monoisotopic (exact) mass is 390 g/mol. The maximum absolute atomic E-state index is 12.8. The van der Waals surface area contributed by atoms with Crippen molar-refractivity contribution >= 4 is 23.0 Å². The lowest BCUT2D eigenvalue weighted by Gasteiger charge is -2.15. The molecule has 3 N–H and O–H groups in total. The Morgan fingerprint density at radius 2 is 2.41 bits per heavy atom. The van der Waals surface area contributed by atoms with Crippen LogP contribution in [0.1, 0.15) is 28.8 Å². The van der Waals surface area contributed by atoms with Gasteiger partial charge in [-0.15, -0.1) is 0 Å². The zero-order valence-electron chi connectivity index (χ0n) is 15.1. The van der Waals surface area contributed by atoms with Crippen molar-refractivity contribution in [1.82, 2.24) is 14.5 Å². The normalized spacial score (nSPS) is 18.3. The number of β-amino-alcohol motifs (C(OH)–C–C–N with tert-alkyl or cyclic N) is 1. The highest BCUT2D eigenvalue weighted by Crippen LogP contribution is 2.29. The largest absolute Gasteiger partial charge is 0.472 e. The molecule has 1 aliphatic heterocycles. The van der Waals surface area contributed by atoms with Crippen LogP contribution in [0.5, 0.6) is 5.75 Å². The number of carbonyl (C=O) groups is 1. The molecule has 3 rings (SSSR count). The van der Waals surface area contributed by atoms with Crippen LogP contribution in [0.3, 0.4) is 0 Å². The molecule has 0 aromatic carbocycles. The SMILES string of the molecule is C=C(N)/C=C\CC(Cl)Oc1ccnn2cc(C(=O)N3CC[C@@H](O)C3)c(C)c12. The van der Waals surface area contributed by atoms with Crippen molar-refractivity contribution in [3.8, 4) is 5.75 Å². The molecule has 3 heterocycles. The standard InChI is InChI=1S/C19H23ClN4O3/c1-12(21)4-3-5-17(20)27-16-6-8-22-24-11-15(13(2)18(16)24)19(26)23-9-7-14(25)10-23/h3-4,6,8,11,14,17,25H,1,5,7,9-10,21H2,2H3/b4-3-/t14-,17?/m1/s1. The van der Waals surface area contributed by atoms with Gasteiger partial charge in [-0.05, 0) is 25.0 Å². The van der Waals surface area contributed by atoms with Crippen molar-refractivity contribution in [2.24, 2.45) is 5.73 Å². The van der Waals surface area contributed by atoms with Gasteiger partial charge in [0.15, 0.2) is 5.56 Å². The van der Waals surface area contributed by atoms with Crippen molar-refractivity contribution in [1.29, 1.82) is 0 Å². The number of likely N-dealkylation sites (tertiary alicyclic amines) is 1. The van der Waals surface area contributed by atoms with Crippen LogP contribution in [0.2, 0.25) is 0 Å². The highest BCUT2D eigenvalue weighted by atomic mass is 35.5. The fourth-order valence-electron chi connectivity index (χ4n) is 3.14. The maximum Gasteiger partial charge on any atom is 0.255 e. The van der Waals surface area contributed by atoms with Crippen LogP contribution < -0.4 is 10.5 Å². The average Bonchev–Trinajstić information content (AvgIpc) is 3.18. The second-order valence-electron chi connectivity index (χ2n) is 6.59. The highest BCUT2D eigenvalue weighted by molar-refractivity contribution is 6.20. The van der Waals surface area contributed by atoms with Crippen LogP contribution in [0.25, 0.3) is 5.52 Å². The number of aliphatic hydroxyl groups is 1. The third-order valence-corrected chi connectivity index (χ3v) is 4.75. The van der Waals surface area contributed by atoms with E-state index in [-0.39, 0.29) is 5.91 Å². The van der Waals surface area contributed by atoms with Gasteiger partial charge in [-0.2, -0.15) is 5.10 Å². The van der Waals surface area contributed by atoms with Gasteiger partial charge in [0.1, 0.15) is 11.3 Å². The summed E-state index contributed by atoms with van der Waals surface area (Å²) >= 11 is 6.26. The topological polar surface area (TPSA) is 93.1 Å². The second kappa shape index (κ2) is 8.02. The number of hydrogen-bond acceptors (Lipinski definition) is 5. The Kier molecular flexibility index (Phi) is 5.72. The summed E-state index contributed by atoms with van der Waals surface area (Å²) in [5.41, 5.74) is 7.33. The first-order valence-corrected chi connectivity index (χ1v) is 9.16. The number of nitrogens with zero attached hydrogens (tertiary/aromatic N) is 3. The number of aromatic nitrogens is 2. The molecule has 1 saturated heterocycles. The van der Waals surface area contributed by atoms with E-state index in [1.807, 2.05) is 6.92 Å². The first-order chi connectivity index (χ1) is 12.9. The van der Waals surface area contributed by atoms with E-state index in [1.54, 1.807) is 40.0 Å². The summed E-state index contributed by atoms with van der Waals surface area (Å²) in [7, 11) is 0. The first kappa shape index (κ1) is 19.3. The van der Waals surface area contributed by atoms with Crippen LogP contribution in [0, 0.1) is 6.92 Å². The predicted molar refractivity (Wildman–Crippen MR) is 104 cm³/mol. The lowest BCUT2D eigenvalue weighted by Crippen LogP contribution is -2.29. The Bertz CT molecular complexity index is 892. The number of alkyl halides is 1. The van der Waals surface area contributed by atoms with Crippen molar-refractivity contribution in [3.05, 3.63) is 54.0 Å². The van der Waals surface area contributed by atoms with Gasteiger partial charge in [-0.1, -0.05) is 24.3 Å². The van der Waals surface area contributed by atoms with Gasteiger partial charge in [-0.3, -0.25) is 4.79 Å². The molecule has 1 fully saturated rings. The molecule has 144 valence electrons. The summed E-state index contributed by atoms with van der Waals surface area (Å²) in [6.07, 6.45) is 7.33. The Labute approximate surface area is 162 Å². The average molecular weight is 391 g/mol. The molecule has 8 heteroatoms. The van der Waals surface area contributed by atoms with E-state index in [4.69, 9.17) is 22.1 Å². The van der Waals surface area contributed by atoms with Crippen LogP contribution in [-0.2, 0) is 0 Å². The third-order valence-electron chi connectivity index (χ3n) is 4.48. The van der Waals surface area contributed by atoms with Gasteiger partial charge in [0.2, 0.25) is 0 Å². The molecule has 0 aliphatic carbocycles. The van der Waals surface area contributed by atoms with Gasteiger partial charge in [0.25, 0.3) is 5.91 Å². The Morgan fingerprint density at radius 3 is 3.07 bits per heavy atom. The molecule has 0 saturated carbocycles. The Hall–Kier alpha value is -2.51. The summed E-state index contributed by atoms with van der Waals surface area (Å²) in [5, 5.41) is 14.0. The number of hydrogen-bond donors (Lipinski definition) is 2. The Balaban J connectivity index is 1.84. The summed E-state index contributed by atoms with van der Waals surface area (Å²) in [4.78, 5) is 14.5. The van der Waals surface area contributed by atoms with Gasteiger partial charge in [-0.25, -0.2) is 4.52 Å². The molecule has 7 nitrogen and oxygen atoms in total. The molecule has 0 radical (unpaired) electrons. The molecular weight excluding hydrogens is 368 g/mol. The van der Waals surface area contributed by atoms with Crippen LogP contribution >= 0.6 is 11.6 Å². The van der Waals surface area contributed by atoms with E-state index in [0.717, 1.165) is 5.56 Å². The van der Waals surface area contributed by atoms with Crippen LogP contribution in [0.4, 0.5) is 0 Å². The number of halogens is 1. The minimum atomic E-state index is -0.603. The number of carbonyl (C=O) groups excluding carboxylic acids is 1. The summed E-state index contributed by atoms with van der Waals surface area (Å²) in [5.74, 6) is 0.426. The molecule has 0 bridgehead atoms. The lowest BCUT2D eigenvalue weighted by molar-refractivity contribution is 0.0764. The molecule has 2 atom stereocenters. The van der Waals surface area contributed by atoms with Gasteiger partial charge in [0.05, 0.1) is 17.9 Å². The van der Waals surface area contributed by atoms with Crippen molar-refractivity contribution in [3.63, 3.8) is 0 Å². The smallest absolute Gasteiger partial charge is 0.255 e. The summed E-state index contributed by atoms with van der Waals surface area (Å²) < 4.78 is 7.46. The van der Waals surface area contributed by atoms with Gasteiger partial charge in [0, 0.05) is 37.5 Å².